The number of aromatic carboxylic acids is 1. The van der Waals surface area contributed by atoms with Gasteiger partial charge in [-0.1, -0.05) is 42.5 Å². The normalized spacial score (nSPS) is 10.8. The zero-order chi connectivity index (χ0) is 20.6. The number of nitrogens with one attached hydrogen (secondary N) is 1. The molecular formula is C21H19N3O4S. The third-order valence-electron chi connectivity index (χ3n) is 3.94. The highest BCUT2D eigenvalue weighted by Crippen LogP contribution is 2.24. The molecule has 2 aromatic carbocycles. The molecular weight excluding hydrogens is 390 g/mol. The Bertz CT molecular complexity index is 1030. The van der Waals surface area contributed by atoms with Crippen LogP contribution in [0.1, 0.15) is 28.5 Å². The first-order chi connectivity index (χ1) is 14.1. The Hall–Kier alpha value is -3.52. The number of benzene rings is 2. The van der Waals surface area contributed by atoms with Gasteiger partial charge in [-0.15, -0.1) is 11.3 Å². The lowest BCUT2D eigenvalue weighted by Crippen LogP contribution is -2.07. The highest BCUT2D eigenvalue weighted by Gasteiger charge is 2.10. The van der Waals surface area contributed by atoms with Crippen molar-refractivity contribution >= 4 is 34.6 Å². The molecule has 29 heavy (non-hydrogen) atoms. The molecule has 0 unspecified atom stereocenters. The maximum atomic E-state index is 11.5. The summed E-state index contributed by atoms with van der Waals surface area (Å²) in [4.78, 5) is 27.1. The van der Waals surface area contributed by atoms with Gasteiger partial charge in [0.1, 0.15) is 0 Å². The minimum absolute atomic E-state index is 0.134. The van der Waals surface area contributed by atoms with E-state index < -0.39 is 5.97 Å². The van der Waals surface area contributed by atoms with Crippen molar-refractivity contribution in [1.82, 2.24) is 4.98 Å². The van der Waals surface area contributed by atoms with Gasteiger partial charge in [0.15, 0.2) is 0 Å². The van der Waals surface area contributed by atoms with Gasteiger partial charge in [-0.2, -0.15) is 5.10 Å². The van der Waals surface area contributed by atoms with Crippen molar-refractivity contribution in [2.75, 3.05) is 12.0 Å². The zero-order valence-corrected chi connectivity index (χ0v) is 16.5. The molecule has 0 aliphatic heterocycles. The molecule has 0 atom stereocenters. The molecule has 0 aliphatic carbocycles. The van der Waals surface area contributed by atoms with E-state index >= 15 is 0 Å². The molecule has 0 spiro atoms. The minimum atomic E-state index is -0.957. The number of rotatable bonds is 8. The van der Waals surface area contributed by atoms with Crippen LogP contribution in [-0.4, -0.2) is 34.9 Å². The molecule has 1 aromatic heterocycles. The third-order valence-corrected chi connectivity index (χ3v) is 4.73. The van der Waals surface area contributed by atoms with Gasteiger partial charge in [-0.05, 0) is 29.7 Å². The van der Waals surface area contributed by atoms with E-state index in [1.807, 2.05) is 30.3 Å². The topological polar surface area (TPSA) is 101 Å². The summed E-state index contributed by atoms with van der Waals surface area (Å²) in [5.74, 6) is -1.27. The van der Waals surface area contributed by atoms with Crippen LogP contribution in [-0.2, 0) is 16.0 Å². The number of carboxylic acid groups (broad SMARTS) is 1. The van der Waals surface area contributed by atoms with Crippen LogP contribution in [0.15, 0.2) is 59.0 Å². The van der Waals surface area contributed by atoms with E-state index in [2.05, 4.69) is 15.5 Å². The second kappa shape index (κ2) is 9.61. The van der Waals surface area contributed by atoms with E-state index in [0.717, 1.165) is 11.1 Å². The van der Waals surface area contributed by atoms with Crippen molar-refractivity contribution < 1.29 is 19.4 Å². The summed E-state index contributed by atoms with van der Waals surface area (Å²) < 4.78 is 4.90. The number of carbonyl (C=O) groups excluding carboxylic acids is 1. The van der Waals surface area contributed by atoms with Crippen LogP contribution in [0.25, 0.3) is 11.1 Å². The van der Waals surface area contributed by atoms with Gasteiger partial charge in [0.2, 0.25) is 5.13 Å². The van der Waals surface area contributed by atoms with E-state index in [1.165, 1.54) is 11.3 Å². The molecule has 0 amide bonds. The molecule has 0 saturated heterocycles. The molecule has 0 fully saturated rings. The summed E-state index contributed by atoms with van der Waals surface area (Å²) in [6.07, 6.45) is 1.77. The quantitative estimate of drug-likeness (QED) is 0.331. The van der Waals surface area contributed by atoms with Gasteiger partial charge in [-0.3, -0.25) is 10.2 Å². The summed E-state index contributed by atoms with van der Waals surface area (Å²) in [7, 11) is 0. The van der Waals surface area contributed by atoms with Gasteiger partial charge in [-0.25, -0.2) is 9.78 Å². The molecule has 3 aromatic rings. The summed E-state index contributed by atoms with van der Waals surface area (Å²) in [6.45, 7) is 2.11. The van der Waals surface area contributed by atoms with E-state index in [9.17, 15) is 14.7 Å². The van der Waals surface area contributed by atoms with Crippen LogP contribution in [0.3, 0.4) is 0 Å². The summed E-state index contributed by atoms with van der Waals surface area (Å²) in [5.41, 5.74) is 6.06. The Balaban J connectivity index is 1.62. The highest BCUT2D eigenvalue weighted by molar-refractivity contribution is 7.13. The van der Waals surface area contributed by atoms with Gasteiger partial charge < -0.3 is 9.84 Å². The van der Waals surface area contributed by atoms with Crippen molar-refractivity contribution in [2.24, 2.45) is 5.10 Å². The lowest BCUT2D eigenvalue weighted by molar-refractivity contribution is -0.142. The van der Waals surface area contributed by atoms with Gasteiger partial charge in [0.05, 0.1) is 30.5 Å². The first kappa shape index (κ1) is 20.2. The van der Waals surface area contributed by atoms with Crippen molar-refractivity contribution in [3.63, 3.8) is 0 Å². The zero-order valence-electron chi connectivity index (χ0n) is 15.7. The fourth-order valence-corrected chi connectivity index (χ4v) is 3.29. The first-order valence-electron chi connectivity index (χ1n) is 8.88. The number of carbonyl (C=O) groups is 2. The SMILES string of the molecule is CCOC(=O)Cc1csc(NN=Cc2ccc(-c3ccccc3C(=O)O)cc2)n1. The summed E-state index contributed by atoms with van der Waals surface area (Å²) in [5, 5.41) is 15.8. The maximum absolute atomic E-state index is 11.5. The van der Waals surface area contributed by atoms with Gasteiger partial charge in [0, 0.05) is 5.38 Å². The standard InChI is InChI=1S/C21H19N3O4S/c1-2-28-19(25)11-16-13-29-21(23-16)24-22-12-14-7-9-15(10-8-14)17-5-3-4-6-18(17)20(26)27/h3-10,12-13H,2,11H2,1H3,(H,23,24)(H,26,27). The van der Waals surface area contributed by atoms with Crippen LogP contribution >= 0.6 is 11.3 Å². The van der Waals surface area contributed by atoms with E-state index in [0.29, 0.717) is 23.0 Å². The maximum Gasteiger partial charge on any atom is 0.336 e. The van der Waals surface area contributed by atoms with Crippen LogP contribution in [0.5, 0.6) is 0 Å². The average molecular weight is 409 g/mol. The van der Waals surface area contributed by atoms with Crippen LogP contribution in [0.2, 0.25) is 0 Å². The molecule has 0 bridgehead atoms. The molecule has 0 saturated carbocycles. The number of thiazole rings is 1. The second-order valence-corrected chi connectivity index (χ2v) is 6.83. The van der Waals surface area contributed by atoms with Crippen molar-refractivity contribution in [3.05, 3.63) is 70.7 Å². The number of hydrogen-bond donors (Lipinski definition) is 2. The number of esters is 1. The van der Waals surface area contributed by atoms with E-state index in [-0.39, 0.29) is 18.0 Å². The average Bonchev–Trinajstić information content (AvgIpc) is 3.15. The number of carboxylic acids is 1. The number of anilines is 1. The van der Waals surface area contributed by atoms with Gasteiger partial charge in [0.25, 0.3) is 0 Å². The van der Waals surface area contributed by atoms with Crippen LogP contribution in [0, 0.1) is 0 Å². The first-order valence-corrected chi connectivity index (χ1v) is 9.76. The lowest BCUT2D eigenvalue weighted by atomic mass is 9.99. The monoisotopic (exact) mass is 409 g/mol. The molecule has 2 N–H and O–H groups in total. The fourth-order valence-electron chi connectivity index (χ4n) is 2.63. The molecule has 0 aliphatic rings. The van der Waals surface area contributed by atoms with Crippen LogP contribution in [0.4, 0.5) is 5.13 Å². The lowest BCUT2D eigenvalue weighted by Gasteiger charge is -2.06. The molecule has 8 heteroatoms. The number of hydrazone groups is 1. The molecule has 3 rings (SSSR count). The van der Waals surface area contributed by atoms with Gasteiger partial charge >= 0.3 is 11.9 Å². The van der Waals surface area contributed by atoms with Crippen molar-refractivity contribution in [2.45, 2.75) is 13.3 Å². The molecule has 7 nitrogen and oxygen atoms in total. The Labute approximate surface area is 171 Å². The third kappa shape index (κ3) is 5.49. The van der Waals surface area contributed by atoms with Crippen LogP contribution < -0.4 is 5.43 Å². The fraction of sp³-hybridized carbons (Fsp3) is 0.143. The van der Waals surface area contributed by atoms with E-state index in [1.54, 1.807) is 36.7 Å². The van der Waals surface area contributed by atoms with E-state index in [4.69, 9.17) is 4.74 Å². The Morgan fingerprint density at radius 2 is 1.97 bits per heavy atom. The van der Waals surface area contributed by atoms with Crippen molar-refractivity contribution in [3.8, 4) is 11.1 Å². The number of aromatic nitrogens is 1. The number of hydrogen-bond acceptors (Lipinski definition) is 7. The van der Waals surface area contributed by atoms with Crippen molar-refractivity contribution in [1.29, 1.82) is 0 Å². The minimum Gasteiger partial charge on any atom is -0.478 e. The Morgan fingerprint density at radius 3 is 2.69 bits per heavy atom. The Morgan fingerprint density at radius 1 is 1.21 bits per heavy atom. The molecule has 0 radical (unpaired) electrons. The highest BCUT2D eigenvalue weighted by atomic mass is 32.1. The second-order valence-electron chi connectivity index (χ2n) is 5.97. The predicted octanol–water partition coefficient (Wildman–Crippen LogP) is 4.06. The smallest absolute Gasteiger partial charge is 0.336 e. The number of nitrogens with zero attached hydrogens (tertiary/aromatic N) is 2. The molecule has 148 valence electrons. The largest absolute Gasteiger partial charge is 0.478 e. The Kier molecular flexibility index (Phi) is 6.70. The summed E-state index contributed by atoms with van der Waals surface area (Å²) in [6, 6.07) is 14.3. The summed E-state index contributed by atoms with van der Waals surface area (Å²) >= 11 is 1.35. The number of ether oxygens (including phenoxy) is 1. The molecule has 1 heterocycles. The predicted molar refractivity (Wildman–Crippen MR) is 113 cm³/mol.